The van der Waals surface area contributed by atoms with Crippen LogP contribution in [-0.4, -0.2) is 75.7 Å². The van der Waals surface area contributed by atoms with Gasteiger partial charge in [0.1, 0.15) is 18.1 Å². The smallest absolute Gasteiger partial charge is 0.327 e. The molecule has 0 aromatic heterocycles. The van der Waals surface area contributed by atoms with E-state index in [-0.39, 0.29) is 18.6 Å². The van der Waals surface area contributed by atoms with Crippen molar-refractivity contribution in [1.82, 2.24) is 16.0 Å². The Morgan fingerprint density at radius 1 is 0.897 bits per heavy atom. The van der Waals surface area contributed by atoms with Crippen LogP contribution in [0.5, 0.6) is 0 Å². The number of rotatable bonds is 13. The zero-order valence-electron chi connectivity index (χ0n) is 15.6. The maximum atomic E-state index is 12.4. The second kappa shape index (κ2) is 12.6. The molecule has 9 N–H and O–H groups in total. The van der Waals surface area contributed by atoms with Crippen LogP contribution in [0, 0.1) is 0 Å². The first kappa shape index (κ1) is 26.1. The minimum absolute atomic E-state index is 0.246. The zero-order valence-corrected chi connectivity index (χ0v) is 16.5. The first-order valence-electron chi connectivity index (χ1n) is 8.39. The van der Waals surface area contributed by atoms with Crippen molar-refractivity contribution in [3.8, 4) is 0 Å². The normalized spacial score (nSPS) is 14.6. The van der Waals surface area contributed by atoms with Crippen LogP contribution >= 0.6 is 12.6 Å². The number of thiol groups is 1. The Kier molecular flexibility index (Phi) is 11.3. The van der Waals surface area contributed by atoms with E-state index in [0.29, 0.717) is 0 Å². The highest BCUT2D eigenvalue weighted by atomic mass is 32.1. The molecule has 0 heterocycles. The van der Waals surface area contributed by atoms with Crippen LogP contribution in [0.25, 0.3) is 0 Å². The Hall–Kier alpha value is -2.87. The monoisotopic (exact) mass is 435 g/mol. The number of carboxylic acid groups (broad SMARTS) is 2. The second-order valence-corrected chi connectivity index (χ2v) is 6.46. The van der Waals surface area contributed by atoms with Crippen LogP contribution in [0.2, 0.25) is 0 Å². The molecule has 0 saturated heterocycles. The average molecular weight is 435 g/mol. The van der Waals surface area contributed by atoms with E-state index in [9.17, 15) is 28.8 Å². The van der Waals surface area contributed by atoms with E-state index >= 15 is 0 Å². The van der Waals surface area contributed by atoms with Crippen molar-refractivity contribution < 1.29 is 39.0 Å². The van der Waals surface area contributed by atoms with Gasteiger partial charge in [-0.25, -0.2) is 4.79 Å². The first-order valence-corrected chi connectivity index (χ1v) is 9.02. The van der Waals surface area contributed by atoms with Crippen LogP contribution in [-0.2, 0) is 28.8 Å². The lowest BCUT2D eigenvalue weighted by atomic mass is 10.1. The largest absolute Gasteiger partial charge is 0.481 e. The Labute approximate surface area is 171 Å². The maximum Gasteiger partial charge on any atom is 0.327 e. The van der Waals surface area contributed by atoms with Crippen LogP contribution in [0.1, 0.15) is 26.2 Å². The summed E-state index contributed by atoms with van der Waals surface area (Å²) in [7, 11) is 0. The average Bonchev–Trinajstić information content (AvgIpc) is 2.60. The molecule has 4 atom stereocenters. The summed E-state index contributed by atoms with van der Waals surface area (Å²) < 4.78 is 0. The molecule has 0 aromatic rings. The predicted molar refractivity (Wildman–Crippen MR) is 102 cm³/mol. The molecule has 4 unspecified atom stereocenters. The van der Waals surface area contributed by atoms with Crippen molar-refractivity contribution in [3.63, 3.8) is 0 Å². The van der Waals surface area contributed by atoms with Gasteiger partial charge < -0.3 is 37.6 Å². The number of carboxylic acids is 2. The second-order valence-electron chi connectivity index (χ2n) is 6.10. The van der Waals surface area contributed by atoms with Crippen molar-refractivity contribution in [3.05, 3.63) is 0 Å². The molecule has 0 aliphatic heterocycles. The SMILES string of the molecule is CC(N)C(=O)NC(CC(=O)O)C(=O)NC(CCC(N)=O)C(=O)NC(CS)C(=O)O. The molecule has 0 radical (unpaired) electrons. The highest BCUT2D eigenvalue weighted by molar-refractivity contribution is 7.80. The van der Waals surface area contributed by atoms with Gasteiger partial charge in [0, 0.05) is 12.2 Å². The fraction of sp³-hybridized carbons (Fsp3) is 0.600. The van der Waals surface area contributed by atoms with Crippen LogP contribution in [0.3, 0.4) is 0 Å². The summed E-state index contributed by atoms with van der Waals surface area (Å²) in [5.41, 5.74) is 10.4. The Balaban J connectivity index is 5.42. The molecule has 0 rings (SSSR count). The van der Waals surface area contributed by atoms with Gasteiger partial charge in [0.25, 0.3) is 0 Å². The van der Waals surface area contributed by atoms with E-state index in [2.05, 4.69) is 28.6 Å². The first-order chi connectivity index (χ1) is 13.4. The number of nitrogens with two attached hydrogens (primary N) is 2. The van der Waals surface area contributed by atoms with E-state index < -0.39 is 66.2 Å². The lowest BCUT2D eigenvalue weighted by molar-refractivity contribution is -0.143. The van der Waals surface area contributed by atoms with Gasteiger partial charge in [-0.05, 0) is 13.3 Å². The predicted octanol–water partition coefficient (Wildman–Crippen LogP) is -3.46. The third-order valence-electron chi connectivity index (χ3n) is 3.53. The molecule has 0 saturated carbocycles. The van der Waals surface area contributed by atoms with E-state index in [4.69, 9.17) is 21.7 Å². The fourth-order valence-electron chi connectivity index (χ4n) is 1.97. The number of hydrogen-bond acceptors (Lipinski definition) is 8. The van der Waals surface area contributed by atoms with Gasteiger partial charge in [0.15, 0.2) is 0 Å². The third kappa shape index (κ3) is 10.3. The summed E-state index contributed by atoms with van der Waals surface area (Å²) in [6, 6.07) is -5.37. The van der Waals surface area contributed by atoms with Gasteiger partial charge in [-0.3, -0.25) is 24.0 Å². The van der Waals surface area contributed by atoms with Crippen molar-refractivity contribution >= 4 is 48.2 Å². The summed E-state index contributed by atoms with van der Waals surface area (Å²) in [5.74, 6) is -6.60. The number of nitrogens with one attached hydrogen (secondary N) is 3. The standard InChI is InChI=1S/C15H25N5O8S/c1-6(16)12(24)19-8(4-11(22)23)14(26)18-7(2-3-10(17)21)13(25)20-9(5-29)15(27)28/h6-9,29H,2-5,16H2,1H3,(H2,17,21)(H,18,26)(H,19,24)(H,20,25)(H,22,23)(H,27,28). The lowest BCUT2D eigenvalue weighted by Gasteiger charge is -2.23. The van der Waals surface area contributed by atoms with Gasteiger partial charge in [0.2, 0.25) is 23.6 Å². The topological polar surface area (TPSA) is 231 Å². The number of carbonyl (C=O) groups excluding carboxylic acids is 4. The minimum Gasteiger partial charge on any atom is -0.481 e. The molecular formula is C15H25N5O8S. The number of primary amides is 1. The van der Waals surface area contributed by atoms with Crippen molar-refractivity contribution in [2.75, 3.05) is 5.75 Å². The highest BCUT2D eigenvalue weighted by Crippen LogP contribution is 2.03. The molecule has 0 aromatic carbocycles. The van der Waals surface area contributed by atoms with Crippen molar-refractivity contribution in [1.29, 1.82) is 0 Å². The zero-order chi connectivity index (χ0) is 22.7. The number of amides is 4. The van der Waals surface area contributed by atoms with Gasteiger partial charge in [0.05, 0.1) is 12.5 Å². The van der Waals surface area contributed by atoms with Crippen LogP contribution in [0.15, 0.2) is 0 Å². The molecule has 29 heavy (non-hydrogen) atoms. The molecule has 4 amide bonds. The third-order valence-corrected chi connectivity index (χ3v) is 3.90. The van der Waals surface area contributed by atoms with Crippen molar-refractivity contribution in [2.24, 2.45) is 11.5 Å². The highest BCUT2D eigenvalue weighted by Gasteiger charge is 2.30. The summed E-state index contributed by atoms with van der Waals surface area (Å²) >= 11 is 3.80. The molecule has 0 aliphatic carbocycles. The number of hydrogen-bond donors (Lipinski definition) is 8. The quantitative estimate of drug-likeness (QED) is 0.134. The van der Waals surface area contributed by atoms with Gasteiger partial charge in [-0.15, -0.1) is 0 Å². The summed E-state index contributed by atoms with van der Waals surface area (Å²) in [6.45, 7) is 1.32. The van der Waals surface area contributed by atoms with E-state index in [1.165, 1.54) is 6.92 Å². The Morgan fingerprint density at radius 3 is 1.79 bits per heavy atom. The van der Waals surface area contributed by atoms with Gasteiger partial charge in [-0.1, -0.05) is 0 Å². The lowest BCUT2D eigenvalue weighted by Crippen LogP contribution is -2.57. The van der Waals surface area contributed by atoms with Crippen LogP contribution < -0.4 is 27.4 Å². The van der Waals surface area contributed by atoms with E-state index in [1.807, 2.05) is 0 Å². The molecule has 0 fully saturated rings. The van der Waals surface area contributed by atoms with E-state index in [0.717, 1.165) is 0 Å². The number of carbonyl (C=O) groups is 6. The molecule has 14 heteroatoms. The molecule has 0 spiro atoms. The summed E-state index contributed by atoms with van der Waals surface area (Å²) in [4.78, 5) is 69.5. The van der Waals surface area contributed by atoms with Gasteiger partial charge >= 0.3 is 11.9 Å². The molecule has 0 aliphatic rings. The Bertz CT molecular complexity index is 657. The molecule has 0 bridgehead atoms. The van der Waals surface area contributed by atoms with Gasteiger partial charge in [-0.2, -0.15) is 12.6 Å². The molecule has 13 nitrogen and oxygen atoms in total. The summed E-state index contributed by atoms with van der Waals surface area (Å²) in [5, 5.41) is 24.4. The Morgan fingerprint density at radius 2 is 1.38 bits per heavy atom. The number of aliphatic carboxylic acids is 2. The molecule has 164 valence electrons. The maximum absolute atomic E-state index is 12.4. The fourth-order valence-corrected chi connectivity index (χ4v) is 2.22. The molecular weight excluding hydrogens is 410 g/mol. The minimum atomic E-state index is -1.56. The van der Waals surface area contributed by atoms with Crippen molar-refractivity contribution in [2.45, 2.75) is 50.4 Å². The van der Waals surface area contributed by atoms with E-state index in [1.54, 1.807) is 0 Å². The summed E-state index contributed by atoms with van der Waals surface area (Å²) in [6.07, 6.45) is -1.41. The van der Waals surface area contributed by atoms with Crippen LogP contribution in [0.4, 0.5) is 0 Å².